The molecule has 0 amide bonds. The number of esters is 2. The van der Waals surface area contributed by atoms with E-state index in [2.05, 4.69) is 13.2 Å². The summed E-state index contributed by atoms with van der Waals surface area (Å²) in [5.41, 5.74) is 3.54. The highest BCUT2D eigenvalue weighted by molar-refractivity contribution is 5.82. The average Bonchev–Trinajstić information content (AvgIpc) is 2.28. The van der Waals surface area contributed by atoms with Crippen LogP contribution in [0.25, 0.3) is 0 Å². The van der Waals surface area contributed by atoms with Gasteiger partial charge in [-0.3, -0.25) is 5.73 Å². The molecule has 0 aromatic rings. The highest BCUT2D eigenvalue weighted by Crippen LogP contribution is 2.16. The second-order valence-corrected chi connectivity index (χ2v) is 3.45. The molecule has 0 bridgehead atoms. The van der Waals surface area contributed by atoms with Crippen LogP contribution in [0, 0.1) is 0 Å². The lowest BCUT2D eigenvalue weighted by Gasteiger charge is -2.33. The monoisotopic (exact) mass is 243 g/mol. The molecule has 0 spiro atoms. The third-order valence-electron chi connectivity index (χ3n) is 2.22. The second kappa shape index (κ2) is 6.17. The van der Waals surface area contributed by atoms with E-state index >= 15 is 0 Å². The van der Waals surface area contributed by atoms with Crippen LogP contribution in [-0.4, -0.2) is 35.0 Å². The number of ether oxygens (including phenoxy) is 2. The molecular formula is C11H17NO5. The molecule has 0 heterocycles. The molecule has 0 aromatic heterocycles. The third-order valence-corrected chi connectivity index (χ3v) is 2.22. The van der Waals surface area contributed by atoms with Crippen molar-refractivity contribution < 1.29 is 24.2 Å². The predicted octanol–water partition coefficient (Wildman–Crippen LogP) is -0.131. The van der Waals surface area contributed by atoms with Crippen molar-refractivity contribution in [3.63, 3.8) is 0 Å². The zero-order valence-corrected chi connectivity index (χ0v) is 9.88. The molecule has 96 valence electrons. The first-order chi connectivity index (χ1) is 7.75. The summed E-state index contributed by atoms with van der Waals surface area (Å²) in [5, 5.41) is 9.90. The lowest BCUT2D eigenvalue weighted by atomic mass is 10.0. The Morgan fingerprint density at radius 2 is 1.47 bits per heavy atom. The molecular weight excluding hydrogens is 226 g/mol. The fourth-order valence-electron chi connectivity index (χ4n) is 0.964. The molecule has 0 aliphatic rings. The summed E-state index contributed by atoms with van der Waals surface area (Å²) in [6.45, 7) is 9.16. The summed E-state index contributed by atoms with van der Waals surface area (Å²) in [6, 6.07) is 0. The topological polar surface area (TPSA) is 98.8 Å². The highest BCUT2D eigenvalue weighted by Gasteiger charge is 2.40. The van der Waals surface area contributed by atoms with E-state index in [1.165, 1.54) is 13.8 Å². The van der Waals surface area contributed by atoms with E-state index in [-0.39, 0.29) is 0 Å². The number of carbonyl (C=O) groups is 2. The smallest absolute Gasteiger partial charge is 0.330 e. The molecule has 0 aliphatic carbocycles. The summed E-state index contributed by atoms with van der Waals surface area (Å²) in [4.78, 5) is 21.9. The van der Waals surface area contributed by atoms with E-state index in [0.717, 1.165) is 12.2 Å². The van der Waals surface area contributed by atoms with Gasteiger partial charge >= 0.3 is 11.9 Å². The van der Waals surface area contributed by atoms with Gasteiger partial charge in [-0.1, -0.05) is 13.2 Å². The molecule has 0 saturated carbocycles. The molecule has 2 unspecified atom stereocenters. The van der Waals surface area contributed by atoms with Crippen LogP contribution >= 0.6 is 0 Å². The van der Waals surface area contributed by atoms with E-state index in [1.54, 1.807) is 0 Å². The van der Waals surface area contributed by atoms with Crippen LogP contribution in [0.1, 0.15) is 13.8 Å². The lowest BCUT2D eigenvalue weighted by molar-refractivity contribution is -0.184. The molecule has 0 fully saturated rings. The molecule has 0 aliphatic heterocycles. The fraction of sp³-hybridized carbons (Fsp3) is 0.455. The molecule has 2 atom stereocenters. The summed E-state index contributed by atoms with van der Waals surface area (Å²) in [7, 11) is 0. The van der Waals surface area contributed by atoms with Gasteiger partial charge in [0.2, 0.25) is 0 Å². The minimum atomic E-state index is -2.00. The average molecular weight is 243 g/mol. The van der Waals surface area contributed by atoms with Crippen LogP contribution in [0.15, 0.2) is 25.3 Å². The minimum Gasteiger partial charge on any atom is -0.455 e. The van der Waals surface area contributed by atoms with Crippen LogP contribution in [-0.2, 0) is 19.1 Å². The van der Waals surface area contributed by atoms with E-state index in [4.69, 9.17) is 15.2 Å². The van der Waals surface area contributed by atoms with Gasteiger partial charge in [-0.05, 0) is 13.8 Å². The first-order valence-corrected chi connectivity index (χ1v) is 4.93. The molecule has 17 heavy (non-hydrogen) atoms. The van der Waals surface area contributed by atoms with Gasteiger partial charge in [0.15, 0.2) is 5.72 Å². The van der Waals surface area contributed by atoms with Crippen molar-refractivity contribution in [1.82, 2.24) is 0 Å². The summed E-state index contributed by atoms with van der Waals surface area (Å²) >= 11 is 0. The fourth-order valence-corrected chi connectivity index (χ4v) is 0.964. The second-order valence-electron chi connectivity index (χ2n) is 3.45. The number of rotatable bonds is 6. The van der Waals surface area contributed by atoms with Crippen molar-refractivity contribution in [2.45, 2.75) is 31.8 Å². The minimum absolute atomic E-state index is 0.733. The zero-order chi connectivity index (χ0) is 13.6. The van der Waals surface area contributed by atoms with Crippen LogP contribution in [0.2, 0.25) is 0 Å². The van der Waals surface area contributed by atoms with Gasteiger partial charge in [-0.25, -0.2) is 9.59 Å². The van der Waals surface area contributed by atoms with Gasteiger partial charge in [0.25, 0.3) is 0 Å². The number of hydrogen-bond donors (Lipinski definition) is 2. The van der Waals surface area contributed by atoms with E-state index in [0.29, 0.717) is 0 Å². The first-order valence-electron chi connectivity index (χ1n) is 4.93. The third kappa shape index (κ3) is 4.38. The Bertz CT molecular complexity index is 294. The van der Waals surface area contributed by atoms with Gasteiger partial charge in [0.1, 0.15) is 12.2 Å². The maximum Gasteiger partial charge on any atom is 0.330 e. The maximum atomic E-state index is 10.9. The van der Waals surface area contributed by atoms with Gasteiger partial charge in [0, 0.05) is 12.2 Å². The van der Waals surface area contributed by atoms with Gasteiger partial charge in [-0.2, -0.15) is 0 Å². The van der Waals surface area contributed by atoms with Crippen molar-refractivity contribution in [1.29, 1.82) is 0 Å². The number of aliphatic hydroxyl groups is 1. The maximum absolute atomic E-state index is 10.9. The number of hydrogen-bond acceptors (Lipinski definition) is 6. The predicted molar refractivity (Wildman–Crippen MR) is 60.6 cm³/mol. The Kier molecular flexibility index (Phi) is 5.57. The summed E-state index contributed by atoms with van der Waals surface area (Å²) < 4.78 is 9.50. The van der Waals surface area contributed by atoms with E-state index < -0.39 is 29.9 Å². The van der Waals surface area contributed by atoms with Crippen molar-refractivity contribution in [2.24, 2.45) is 5.73 Å². The normalized spacial score (nSPS) is 17.2. The SMILES string of the molecule is C=CC(=O)OC(C)C(N)(O)C(C)OC(=O)C=C. The molecule has 0 rings (SSSR count). The van der Waals surface area contributed by atoms with Gasteiger partial charge in [-0.15, -0.1) is 0 Å². The molecule has 0 radical (unpaired) electrons. The molecule has 0 saturated heterocycles. The van der Waals surface area contributed by atoms with Gasteiger partial charge in [0.05, 0.1) is 0 Å². The highest BCUT2D eigenvalue weighted by atomic mass is 16.6. The summed E-state index contributed by atoms with van der Waals surface area (Å²) in [6.07, 6.45) is -0.263. The lowest BCUT2D eigenvalue weighted by Crippen LogP contribution is -2.59. The Morgan fingerprint density at radius 1 is 1.18 bits per heavy atom. The Labute approximate surface area is 99.7 Å². The molecule has 6 heteroatoms. The van der Waals surface area contributed by atoms with Crippen LogP contribution < -0.4 is 5.73 Å². The first kappa shape index (κ1) is 15.3. The van der Waals surface area contributed by atoms with E-state index in [9.17, 15) is 14.7 Å². The zero-order valence-electron chi connectivity index (χ0n) is 9.88. The Morgan fingerprint density at radius 3 is 1.71 bits per heavy atom. The Hall–Kier alpha value is -1.66. The number of nitrogens with two attached hydrogens (primary N) is 1. The van der Waals surface area contributed by atoms with Crippen LogP contribution in [0.3, 0.4) is 0 Å². The number of carbonyl (C=O) groups excluding carboxylic acids is 2. The molecule has 3 N–H and O–H groups in total. The summed E-state index contributed by atoms with van der Waals surface area (Å²) in [5.74, 6) is -1.47. The van der Waals surface area contributed by atoms with Crippen LogP contribution in [0.4, 0.5) is 0 Å². The quantitative estimate of drug-likeness (QED) is 0.383. The molecule has 6 nitrogen and oxygen atoms in total. The van der Waals surface area contributed by atoms with Crippen molar-refractivity contribution in [3.05, 3.63) is 25.3 Å². The Balaban J connectivity index is 4.62. The molecule has 0 aromatic carbocycles. The van der Waals surface area contributed by atoms with Gasteiger partial charge < -0.3 is 14.6 Å². The van der Waals surface area contributed by atoms with E-state index in [1.807, 2.05) is 0 Å². The van der Waals surface area contributed by atoms with Crippen molar-refractivity contribution in [2.75, 3.05) is 0 Å². The largest absolute Gasteiger partial charge is 0.455 e. The standard InChI is InChI=1S/C11H17NO5/c1-5-9(13)16-7(3)11(12,15)8(4)17-10(14)6-2/h5-8,15H,1-2,12H2,3-4H3. The van der Waals surface area contributed by atoms with Crippen molar-refractivity contribution in [3.8, 4) is 0 Å². The van der Waals surface area contributed by atoms with Crippen LogP contribution in [0.5, 0.6) is 0 Å². The van der Waals surface area contributed by atoms with Crippen molar-refractivity contribution >= 4 is 11.9 Å².